The Kier molecular flexibility index (Phi) is 5.94. The maximum absolute atomic E-state index is 10.2. The Balaban J connectivity index is 1.86. The van der Waals surface area contributed by atoms with E-state index in [0.717, 1.165) is 10.5 Å². The summed E-state index contributed by atoms with van der Waals surface area (Å²) in [6, 6.07) is 15.1. The molecule has 0 bridgehead atoms. The lowest BCUT2D eigenvalue weighted by Gasteiger charge is -2.18. The molecule has 5 heteroatoms. The fraction of sp³-hybridized carbons (Fsp3) is 0.250. The first-order valence-corrected chi connectivity index (χ1v) is 8.08. The summed E-state index contributed by atoms with van der Waals surface area (Å²) in [6.07, 6.45) is 0.0805. The molecular formula is C16H19ClN2OS. The maximum Gasteiger partial charge on any atom is 0.0788 e. The molecular weight excluding hydrogens is 304 g/mol. The second-order valence-electron chi connectivity index (χ2n) is 4.92. The van der Waals surface area contributed by atoms with Gasteiger partial charge in [0.25, 0.3) is 0 Å². The zero-order chi connectivity index (χ0) is 15.2. The van der Waals surface area contributed by atoms with Gasteiger partial charge in [0, 0.05) is 16.7 Å². The summed E-state index contributed by atoms with van der Waals surface area (Å²) in [7, 11) is 0. The van der Waals surface area contributed by atoms with Crippen LogP contribution < -0.4 is 11.5 Å². The van der Waals surface area contributed by atoms with Crippen LogP contribution in [0.5, 0.6) is 0 Å². The third-order valence-electron chi connectivity index (χ3n) is 3.20. The van der Waals surface area contributed by atoms with Crippen LogP contribution in [0.4, 0.5) is 5.69 Å². The fourth-order valence-corrected chi connectivity index (χ4v) is 3.15. The highest BCUT2D eigenvalue weighted by Crippen LogP contribution is 2.27. The minimum Gasteiger partial charge on any atom is -0.398 e. The summed E-state index contributed by atoms with van der Waals surface area (Å²) >= 11 is 7.49. The first-order chi connectivity index (χ1) is 10.1. The number of anilines is 1. The molecule has 0 aliphatic rings. The Labute approximate surface area is 134 Å². The van der Waals surface area contributed by atoms with E-state index in [9.17, 15) is 5.11 Å². The lowest BCUT2D eigenvalue weighted by Crippen LogP contribution is -2.38. The van der Waals surface area contributed by atoms with Crippen molar-refractivity contribution in [3.05, 3.63) is 59.1 Å². The van der Waals surface area contributed by atoms with Crippen LogP contribution in [0.1, 0.15) is 5.56 Å². The smallest absolute Gasteiger partial charge is 0.0788 e. The molecule has 0 fully saturated rings. The number of thioether (sulfide) groups is 1. The van der Waals surface area contributed by atoms with E-state index in [1.165, 1.54) is 11.8 Å². The van der Waals surface area contributed by atoms with E-state index in [1.807, 2.05) is 36.4 Å². The standard InChI is InChI=1S/C16H19ClN2OS/c17-13-9-12(6-7-14(13)18)21-10-16(20)15(19)8-11-4-2-1-3-5-11/h1-7,9,15-16,20H,8,10,18-19H2. The highest BCUT2D eigenvalue weighted by molar-refractivity contribution is 7.99. The van der Waals surface area contributed by atoms with E-state index in [0.29, 0.717) is 22.9 Å². The molecule has 0 saturated heterocycles. The topological polar surface area (TPSA) is 72.3 Å². The second kappa shape index (κ2) is 7.71. The molecule has 112 valence electrons. The zero-order valence-electron chi connectivity index (χ0n) is 11.6. The number of aliphatic hydroxyl groups excluding tert-OH is 1. The van der Waals surface area contributed by atoms with Gasteiger partial charge in [-0.3, -0.25) is 0 Å². The van der Waals surface area contributed by atoms with Crippen LogP contribution in [0.25, 0.3) is 0 Å². The van der Waals surface area contributed by atoms with E-state index in [1.54, 1.807) is 12.1 Å². The van der Waals surface area contributed by atoms with Crippen molar-refractivity contribution < 1.29 is 5.11 Å². The Bertz CT molecular complexity index is 580. The molecule has 0 aliphatic carbocycles. The minimum absolute atomic E-state index is 0.288. The highest BCUT2D eigenvalue weighted by atomic mass is 35.5. The lowest BCUT2D eigenvalue weighted by atomic mass is 10.0. The van der Waals surface area contributed by atoms with Crippen molar-refractivity contribution in [1.29, 1.82) is 0 Å². The van der Waals surface area contributed by atoms with E-state index >= 15 is 0 Å². The van der Waals surface area contributed by atoms with Gasteiger partial charge in [0.05, 0.1) is 16.8 Å². The van der Waals surface area contributed by atoms with Gasteiger partial charge in [0.1, 0.15) is 0 Å². The van der Waals surface area contributed by atoms with Crippen molar-refractivity contribution in [3.63, 3.8) is 0 Å². The van der Waals surface area contributed by atoms with Crippen LogP contribution in [0.15, 0.2) is 53.4 Å². The predicted octanol–water partition coefficient (Wildman–Crippen LogP) is 2.95. The van der Waals surface area contributed by atoms with Crippen molar-refractivity contribution >= 4 is 29.1 Å². The molecule has 2 aromatic carbocycles. The van der Waals surface area contributed by atoms with Crippen molar-refractivity contribution in [3.8, 4) is 0 Å². The van der Waals surface area contributed by atoms with Gasteiger partial charge in [-0.25, -0.2) is 0 Å². The monoisotopic (exact) mass is 322 g/mol. The molecule has 3 nitrogen and oxygen atoms in total. The van der Waals surface area contributed by atoms with E-state index in [4.69, 9.17) is 23.1 Å². The second-order valence-corrected chi connectivity index (χ2v) is 6.42. The normalized spacial score (nSPS) is 13.9. The molecule has 21 heavy (non-hydrogen) atoms. The van der Waals surface area contributed by atoms with Crippen molar-refractivity contribution in [2.24, 2.45) is 5.73 Å². The van der Waals surface area contributed by atoms with Crippen molar-refractivity contribution in [1.82, 2.24) is 0 Å². The molecule has 2 rings (SSSR count). The van der Waals surface area contributed by atoms with E-state index < -0.39 is 6.10 Å². The van der Waals surface area contributed by atoms with Gasteiger partial charge < -0.3 is 16.6 Å². The van der Waals surface area contributed by atoms with Crippen LogP contribution in [-0.2, 0) is 6.42 Å². The van der Waals surface area contributed by atoms with Crippen LogP contribution >= 0.6 is 23.4 Å². The summed E-state index contributed by atoms with van der Waals surface area (Å²) < 4.78 is 0. The van der Waals surface area contributed by atoms with Gasteiger partial charge in [-0.1, -0.05) is 41.9 Å². The molecule has 0 spiro atoms. The molecule has 0 saturated carbocycles. The summed E-state index contributed by atoms with van der Waals surface area (Å²) in [5.41, 5.74) is 13.4. The maximum atomic E-state index is 10.2. The quantitative estimate of drug-likeness (QED) is 0.565. The van der Waals surface area contributed by atoms with Crippen molar-refractivity contribution in [2.45, 2.75) is 23.5 Å². The Morgan fingerprint density at radius 3 is 2.52 bits per heavy atom. The number of hydrogen-bond acceptors (Lipinski definition) is 4. The predicted molar refractivity (Wildman–Crippen MR) is 90.7 cm³/mol. The molecule has 2 aromatic rings. The number of aliphatic hydroxyl groups is 1. The average molecular weight is 323 g/mol. The third-order valence-corrected chi connectivity index (χ3v) is 4.62. The average Bonchev–Trinajstić information content (AvgIpc) is 2.49. The van der Waals surface area contributed by atoms with Gasteiger partial charge in [-0.15, -0.1) is 11.8 Å². The SMILES string of the molecule is Nc1ccc(SCC(O)C(N)Cc2ccccc2)cc1Cl. The molecule has 0 radical (unpaired) electrons. The number of halogens is 1. The summed E-state index contributed by atoms with van der Waals surface area (Å²) in [5, 5.41) is 10.7. The molecule has 0 aromatic heterocycles. The Morgan fingerprint density at radius 1 is 1.14 bits per heavy atom. The van der Waals surface area contributed by atoms with Crippen LogP contribution in [0, 0.1) is 0 Å². The van der Waals surface area contributed by atoms with Gasteiger partial charge in [0.2, 0.25) is 0 Å². The number of benzene rings is 2. The van der Waals surface area contributed by atoms with Crippen LogP contribution in [-0.4, -0.2) is 23.0 Å². The van der Waals surface area contributed by atoms with Gasteiger partial charge in [-0.2, -0.15) is 0 Å². The van der Waals surface area contributed by atoms with Gasteiger partial charge in [-0.05, 0) is 30.2 Å². The largest absolute Gasteiger partial charge is 0.398 e. The molecule has 0 amide bonds. The summed E-state index contributed by atoms with van der Waals surface area (Å²) in [5.74, 6) is 0.522. The number of nitrogens with two attached hydrogens (primary N) is 2. The molecule has 5 N–H and O–H groups in total. The summed E-state index contributed by atoms with van der Waals surface area (Å²) in [6.45, 7) is 0. The number of rotatable bonds is 6. The molecule has 2 unspecified atom stereocenters. The number of hydrogen-bond donors (Lipinski definition) is 3. The lowest BCUT2D eigenvalue weighted by molar-refractivity contribution is 0.167. The van der Waals surface area contributed by atoms with Gasteiger partial charge in [0.15, 0.2) is 0 Å². The number of nitrogen functional groups attached to an aromatic ring is 1. The first kappa shape index (κ1) is 16.2. The van der Waals surface area contributed by atoms with E-state index in [-0.39, 0.29) is 6.04 Å². The highest BCUT2D eigenvalue weighted by Gasteiger charge is 2.15. The van der Waals surface area contributed by atoms with Crippen molar-refractivity contribution in [2.75, 3.05) is 11.5 Å². The minimum atomic E-state index is -0.577. The zero-order valence-corrected chi connectivity index (χ0v) is 13.1. The Hall–Kier alpha value is -1.20. The Morgan fingerprint density at radius 2 is 1.86 bits per heavy atom. The molecule has 0 heterocycles. The molecule has 0 aliphatic heterocycles. The first-order valence-electron chi connectivity index (χ1n) is 6.71. The summed E-state index contributed by atoms with van der Waals surface area (Å²) in [4.78, 5) is 0.972. The van der Waals surface area contributed by atoms with Gasteiger partial charge >= 0.3 is 0 Å². The van der Waals surface area contributed by atoms with Crippen LogP contribution in [0.3, 0.4) is 0 Å². The van der Waals surface area contributed by atoms with E-state index in [2.05, 4.69) is 0 Å². The van der Waals surface area contributed by atoms with Crippen LogP contribution in [0.2, 0.25) is 5.02 Å². The fourth-order valence-electron chi connectivity index (χ4n) is 1.93. The molecule has 2 atom stereocenters. The third kappa shape index (κ3) is 4.93.